The number of rotatable bonds is 4. The number of carbonyl (C=O) groups is 1. The summed E-state index contributed by atoms with van der Waals surface area (Å²) in [5, 5.41) is 8.44. The summed E-state index contributed by atoms with van der Waals surface area (Å²) in [6.07, 6.45) is 0. The molecule has 0 aromatic carbocycles. The fourth-order valence-electron chi connectivity index (χ4n) is 0.843. The van der Waals surface area contributed by atoms with Crippen LogP contribution in [0.3, 0.4) is 0 Å². The molecule has 0 aliphatic rings. The lowest BCUT2D eigenvalue weighted by Gasteiger charge is -2.03. The van der Waals surface area contributed by atoms with Gasteiger partial charge in [0, 0.05) is 0 Å². The minimum atomic E-state index is -3.14. The first-order valence-corrected chi connectivity index (χ1v) is 4.71. The van der Waals surface area contributed by atoms with Crippen molar-refractivity contribution in [1.29, 1.82) is 0 Å². The van der Waals surface area contributed by atoms with Crippen LogP contribution in [-0.2, 0) is 0 Å². The zero-order valence-electron chi connectivity index (χ0n) is 7.29. The van der Waals surface area contributed by atoms with Crippen LogP contribution in [0.15, 0.2) is 0 Å². The summed E-state index contributed by atoms with van der Waals surface area (Å²) in [6, 6.07) is 0. The zero-order chi connectivity index (χ0) is 11.6. The largest absolute Gasteiger partial charge is 0.486 e. The van der Waals surface area contributed by atoms with Gasteiger partial charge in [0.2, 0.25) is 0 Å². The molecule has 0 bridgehead atoms. The van der Waals surface area contributed by atoms with Crippen molar-refractivity contribution in [2.24, 2.45) is 0 Å². The minimum absolute atomic E-state index is 0.0183. The number of aromatic carboxylic acids is 1. The molecule has 4 nitrogen and oxygen atoms in total. The van der Waals surface area contributed by atoms with E-state index in [1.54, 1.807) is 0 Å². The summed E-state index contributed by atoms with van der Waals surface area (Å²) in [5.74, 6) is -1.97. The first-order valence-electron chi connectivity index (χ1n) is 3.51. The van der Waals surface area contributed by atoms with E-state index in [-0.39, 0.29) is 10.1 Å². The van der Waals surface area contributed by atoms with Gasteiger partial charge in [0.05, 0.1) is 7.11 Å². The van der Waals surface area contributed by atoms with Crippen LogP contribution in [0.1, 0.15) is 9.67 Å². The first kappa shape index (κ1) is 12.0. The third-order valence-corrected chi connectivity index (χ3v) is 2.94. The number of hydrogen-bond donors (Lipinski definition) is 1. The van der Waals surface area contributed by atoms with Gasteiger partial charge >= 0.3 is 12.6 Å². The van der Waals surface area contributed by atoms with E-state index in [9.17, 15) is 13.6 Å². The normalized spacial score (nSPS) is 10.5. The second-order valence-electron chi connectivity index (χ2n) is 2.25. The van der Waals surface area contributed by atoms with Gasteiger partial charge in [-0.05, 0) is 0 Å². The van der Waals surface area contributed by atoms with E-state index >= 15 is 0 Å². The molecule has 0 saturated carbocycles. The molecular formula is C7H5ClF2O4S. The number of ether oxygens (including phenoxy) is 2. The third-order valence-electron chi connectivity index (χ3n) is 1.37. The van der Waals surface area contributed by atoms with Crippen molar-refractivity contribution < 1.29 is 28.2 Å². The van der Waals surface area contributed by atoms with Crippen molar-refractivity contribution in [3.8, 4) is 10.8 Å². The van der Waals surface area contributed by atoms with E-state index in [0.29, 0.717) is 11.3 Å². The standard InChI is InChI=1S/C7H5ClF2O4S/c1-13-6-2(8)3(14-7(9)10)4(15-6)5(11)12/h7H,1H3,(H,11,12). The second kappa shape index (κ2) is 4.63. The molecule has 0 aliphatic heterocycles. The number of halogens is 3. The smallest absolute Gasteiger partial charge is 0.387 e. The molecule has 0 radical (unpaired) electrons. The zero-order valence-corrected chi connectivity index (χ0v) is 8.86. The molecule has 0 spiro atoms. The summed E-state index contributed by atoms with van der Waals surface area (Å²) < 4.78 is 32.6. The highest BCUT2D eigenvalue weighted by Gasteiger charge is 2.25. The average molecular weight is 259 g/mol. The molecule has 1 heterocycles. The maximum Gasteiger partial charge on any atom is 0.387 e. The lowest BCUT2D eigenvalue weighted by atomic mass is 10.4. The quantitative estimate of drug-likeness (QED) is 0.902. The van der Waals surface area contributed by atoms with Crippen molar-refractivity contribution >= 4 is 28.9 Å². The van der Waals surface area contributed by atoms with Crippen LogP contribution in [0.2, 0.25) is 5.02 Å². The molecule has 1 N–H and O–H groups in total. The first-order chi connectivity index (χ1) is 6.97. The molecule has 0 fully saturated rings. The van der Waals surface area contributed by atoms with Crippen molar-refractivity contribution in [1.82, 2.24) is 0 Å². The number of methoxy groups -OCH3 is 1. The molecule has 0 saturated heterocycles. The fourth-order valence-corrected chi connectivity index (χ4v) is 2.01. The van der Waals surface area contributed by atoms with Crippen LogP contribution >= 0.6 is 22.9 Å². The Morgan fingerprint density at radius 1 is 1.60 bits per heavy atom. The molecule has 1 aromatic heterocycles. The van der Waals surface area contributed by atoms with Gasteiger partial charge < -0.3 is 14.6 Å². The predicted octanol–water partition coefficient (Wildman–Crippen LogP) is 2.71. The van der Waals surface area contributed by atoms with E-state index in [1.165, 1.54) is 7.11 Å². The van der Waals surface area contributed by atoms with Crippen molar-refractivity contribution in [2.45, 2.75) is 6.61 Å². The van der Waals surface area contributed by atoms with E-state index < -0.39 is 23.2 Å². The van der Waals surface area contributed by atoms with Crippen molar-refractivity contribution in [3.63, 3.8) is 0 Å². The van der Waals surface area contributed by atoms with Crippen LogP contribution in [-0.4, -0.2) is 24.8 Å². The Labute approximate surface area is 92.0 Å². The topological polar surface area (TPSA) is 55.8 Å². The Kier molecular flexibility index (Phi) is 3.70. The Morgan fingerprint density at radius 2 is 2.20 bits per heavy atom. The van der Waals surface area contributed by atoms with Gasteiger partial charge in [0.1, 0.15) is 5.02 Å². The van der Waals surface area contributed by atoms with Gasteiger partial charge in [0.25, 0.3) is 0 Å². The monoisotopic (exact) mass is 258 g/mol. The number of thiophene rings is 1. The van der Waals surface area contributed by atoms with Crippen LogP contribution in [0.5, 0.6) is 10.8 Å². The van der Waals surface area contributed by atoms with E-state index in [0.717, 1.165) is 0 Å². The van der Waals surface area contributed by atoms with Crippen molar-refractivity contribution in [2.75, 3.05) is 7.11 Å². The molecular weight excluding hydrogens is 254 g/mol. The lowest BCUT2D eigenvalue weighted by Crippen LogP contribution is -2.05. The molecule has 0 aliphatic carbocycles. The summed E-state index contributed by atoms with van der Waals surface area (Å²) in [6.45, 7) is -3.14. The molecule has 0 atom stereocenters. The van der Waals surface area contributed by atoms with Gasteiger partial charge in [-0.25, -0.2) is 4.79 Å². The highest BCUT2D eigenvalue weighted by Crippen LogP contribution is 2.45. The van der Waals surface area contributed by atoms with Gasteiger partial charge in [-0.1, -0.05) is 22.9 Å². The van der Waals surface area contributed by atoms with Gasteiger partial charge in [-0.2, -0.15) is 8.78 Å². The van der Waals surface area contributed by atoms with Crippen LogP contribution < -0.4 is 9.47 Å². The number of alkyl halides is 2. The molecule has 8 heteroatoms. The summed E-state index contributed by atoms with van der Waals surface area (Å²) in [5.41, 5.74) is 0. The predicted molar refractivity (Wildman–Crippen MR) is 49.5 cm³/mol. The molecule has 0 amide bonds. The van der Waals surface area contributed by atoms with Crippen LogP contribution in [0, 0.1) is 0 Å². The number of carboxylic acids is 1. The van der Waals surface area contributed by atoms with Gasteiger partial charge in [-0.3, -0.25) is 0 Å². The summed E-state index contributed by atoms with van der Waals surface area (Å²) in [7, 11) is 1.25. The highest BCUT2D eigenvalue weighted by molar-refractivity contribution is 7.16. The van der Waals surface area contributed by atoms with E-state index in [1.807, 2.05) is 0 Å². The molecule has 15 heavy (non-hydrogen) atoms. The highest BCUT2D eigenvalue weighted by atomic mass is 35.5. The molecule has 84 valence electrons. The molecule has 1 aromatic rings. The van der Waals surface area contributed by atoms with Crippen LogP contribution in [0.25, 0.3) is 0 Å². The Hall–Kier alpha value is -1.08. The maximum absolute atomic E-state index is 11.9. The Bertz CT molecular complexity index is 379. The Balaban J connectivity index is 3.19. The minimum Gasteiger partial charge on any atom is -0.486 e. The number of hydrogen-bond acceptors (Lipinski definition) is 4. The second-order valence-corrected chi connectivity index (χ2v) is 3.61. The summed E-state index contributed by atoms with van der Waals surface area (Å²) >= 11 is 6.21. The van der Waals surface area contributed by atoms with Gasteiger partial charge in [-0.15, -0.1) is 0 Å². The fraction of sp³-hybridized carbons (Fsp3) is 0.286. The van der Waals surface area contributed by atoms with Crippen LogP contribution in [0.4, 0.5) is 8.78 Å². The SMILES string of the molecule is COc1sc(C(=O)O)c(OC(F)F)c1Cl. The number of carboxylic acid groups (broad SMARTS) is 1. The summed E-state index contributed by atoms with van der Waals surface area (Å²) in [4.78, 5) is 10.2. The molecule has 0 unspecified atom stereocenters. The maximum atomic E-state index is 11.9. The Morgan fingerprint density at radius 3 is 2.60 bits per heavy atom. The van der Waals surface area contributed by atoms with Crippen molar-refractivity contribution in [3.05, 3.63) is 9.90 Å². The molecule has 1 rings (SSSR count). The van der Waals surface area contributed by atoms with Gasteiger partial charge in [0.15, 0.2) is 15.7 Å². The average Bonchev–Trinajstić information content (AvgIpc) is 2.43. The van der Waals surface area contributed by atoms with E-state index in [4.69, 9.17) is 21.4 Å². The third kappa shape index (κ3) is 2.48. The van der Waals surface area contributed by atoms with E-state index in [2.05, 4.69) is 4.74 Å². The lowest BCUT2D eigenvalue weighted by molar-refractivity contribution is -0.0499.